The van der Waals surface area contributed by atoms with Crippen LogP contribution in [-0.4, -0.2) is 10.5 Å². The number of hydrogen-bond acceptors (Lipinski definition) is 2. The Morgan fingerprint density at radius 3 is 2.41 bits per heavy atom. The second kappa shape index (κ2) is 9.03. The summed E-state index contributed by atoms with van der Waals surface area (Å²) in [6.07, 6.45) is 7.85. The third-order valence-electron chi connectivity index (χ3n) is 5.63. The molecule has 1 heterocycles. The highest BCUT2D eigenvalue weighted by Crippen LogP contribution is 2.26. The van der Waals surface area contributed by atoms with Crippen molar-refractivity contribution in [1.29, 1.82) is 0 Å². The van der Waals surface area contributed by atoms with Gasteiger partial charge >= 0.3 is 0 Å². The molecule has 0 atom stereocenters. The number of nitrogens with one attached hydrogen (secondary N) is 1. The molecule has 4 heteroatoms. The van der Waals surface area contributed by atoms with Crippen LogP contribution >= 0.6 is 0 Å². The summed E-state index contributed by atoms with van der Waals surface area (Å²) in [6.45, 7) is 5.03. The van der Waals surface area contributed by atoms with E-state index in [0.717, 1.165) is 24.4 Å². The monoisotopic (exact) mass is 366 g/mol. The van der Waals surface area contributed by atoms with Crippen molar-refractivity contribution in [3.8, 4) is 0 Å². The van der Waals surface area contributed by atoms with E-state index < -0.39 is 0 Å². The Balaban J connectivity index is 1.98. The van der Waals surface area contributed by atoms with Crippen LogP contribution < -0.4 is 10.7 Å². The Kier molecular flexibility index (Phi) is 6.49. The van der Waals surface area contributed by atoms with Crippen molar-refractivity contribution in [2.24, 2.45) is 5.92 Å². The standard InChI is InChI=1S/C23H30N2O2/c1-3-19-15-21(26)22(23(27)24-18-13-9-6-10-14-18)20(4-2)25(19)16-17-11-7-5-8-12-17/h6,9-10,13-15,17H,3-5,7-8,11-12,16H2,1-2H3,(H,24,27). The highest BCUT2D eigenvalue weighted by molar-refractivity contribution is 6.05. The summed E-state index contributed by atoms with van der Waals surface area (Å²) in [5, 5.41) is 2.89. The smallest absolute Gasteiger partial charge is 0.261 e. The first kappa shape index (κ1) is 19.4. The van der Waals surface area contributed by atoms with Gasteiger partial charge in [-0.1, -0.05) is 51.3 Å². The van der Waals surface area contributed by atoms with Gasteiger partial charge in [-0.25, -0.2) is 0 Å². The molecular formula is C23H30N2O2. The molecule has 1 aliphatic carbocycles. The molecule has 0 aliphatic heterocycles. The van der Waals surface area contributed by atoms with Gasteiger partial charge in [0.2, 0.25) is 0 Å². The number of aryl methyl sites for hydroxylation is 1. The van der Waals surface area contributed by atoms with Crippen LogP contribution in [0.1, 0.15) is 67.7 Å². The molecule has 1 saturated carbocycles. The van der Waals surface area contributed by atoms with E-state index in [1.165, 1.54) is 32.1 Å². The van der Waals surface area contributed by atoms with Crippen LogP contribution in [0.5, 0.6) is 0 Å². The molecule has 1 aromatic heterocycles. The largest absolute Gasteiger partial charge is 0.347 e. The van der Waals surface area contributed by atoms with E-state index in [1.807, 2.05) is 37.3 Å². The van der Waals surface area contributed by atoms with Gasteiger partial charge in [0.25, 0.3) is 5.91 Å². The van der Waals surface area contributed by atoms with Crippen LogP contribution in [0.15, 0.2) is 41.2 Å². The number of amides is 1. The molecule has 27 heavy (non-hydrogen) atoms. The Morgan fingerprint density at radius 2 is 1.78 bits per heavy atom. The second-order valence-corrected chi connectivity index (χ2v) is 7.46. The minimum absolute atomic E-state index is 0.169. The molecule has 1 aromatic carbocycles. The van der Waals surface area contributed by atoms with E-state index in [2.05, 4.69) is 16.8 Å². The third-order valence-corrected chi connectivity index (χ3v) is 5.63. The van der Waals surface area contributed by atoms with Gasteiger partial charge in [-0.05, 0) is 43.7 Å². The molecule has 1 N–H and O–H groups in total. The molecule has 0 bridgehead atoms. The second-order valence-electron chi connectivity index (χ2n) is 7.46. The molecule has 0 spiro atoms. The zero-order chi connectivity index (χ0) is 19.2. The zero-order valence-electron chi connectivity index (χ0n) is 16.5. The number of para-hydroxylation sites is 1. The van der Waals surface area contributed by atoms with E-state index in [-0.39, 0.29) is 11.3 Å². The number of benzene rings is 1. The summed E-state index contributed by atoms with van der Waals surface area (Å²) in [5.41, 5.74) is 2.76. The van der Waals surface area contributed by atoms with Crippen molar-refractivity contribution in [2.45, 2.75) is 65.3 Å². The van der Waals surface area contributed by atoms with Gasteiger partial charge in [0, 0.05) is 29.7 Å². The Hall–Kier alpha value is -2.36. The number of aromatic nitrogens is 1. The minimum Gasteiger partial charge on any atom is -0.347 e. The maximum atomic E-state index is 12.9. The summed E-state index contributed by atoms with van der Waals surface area (Å²) in [6, 6.07) is 11.0. The van der Waals surface area contributed by atoms with E-state index >= 15 is 0 Å². The third kappa shape index (κ3) is 4.49. The van der Waals surface area contributed by atoms with E-state index in [1.54, 1.807) is 6.07 Å². The molecule has 0 radical (unpaired) electrons. The van der Waals surface area contributed by atoms with E-state index in [9.17, 15) is 9.59 Å². The zero-order valence-corrected chi connectivity index (χ0v) is 16.5. The van der Waals surface area contributed by atoms with Crippen molar-refractivity contribution < 1.29 is 4.79 Å². The summed E-state index contributed by atoms with van der Waals surface area (Å²) in [7, 11) is 0. The first-order valence-electron chi connectivity index (χ1n) is 10.3. The van der Waals surface area contributed by atoms with E-state index in [4.69, 9.17) is 0 Å². The van der Waals surface area contributed by atoms with Gasteiger partial charge in [-0.15, -0.1) is 0 Å². The summed E-state index contributed by atoms with van der Waals surface area (Å²) in [4.78, 5) is 25.7. The molecule has 4 nitrogen and oxygen atoms in total. The Labute approximate surface area is 161 Å². The number of nitrogens with zero attached hydrogens (tertiary/aromatic N) is 1. The molecule has 2 aromatic rings. The average Bonchev–Trinajstić information content (AvgIpc) is 2.70. The van der Waals surface area contributed by atoms with Crippen LogP contribution in [0.3, 0.4) is 0 Å². The lowest BCUT2D eigenvalue weighted by Gasteiger charge is -2.27. The van der Waals surface area contributed by atoms with Gasteiger partial charge in [0.05, 0.1) is 0 Å². The molecule has 0 saturated heterocycles. The lowest BCUT2D eigenvalue weighted by atomic mass is 9.89. The molecule has 1 amide bonds. The van der Waals surface area contributed by atoms with Crippen molar-refractivity contribution >= 4 is 11.6 Å². The normalized spacial score (nSPS) is 14.9. The summed E-state index contributed by atoms with van der Waals surface area (Å²) >= 11 is 0. The number of anilines is 1. The molecule has 3 rings (SSSR count). The van der Waals surface area contributed by atoms with Crippen LogP contribution in [-0.2, 0) is 19.4 Å². The number of rotatable bonds is 6. The van der Waals surface area contributed by atoms with Crippen LogP contribution in [0.2, 0.25) is 0 Å². The number of carbonyl (C=O) groups excluding carboxylic acids is 1. The first-order valence-corrected chi connectivity index (χ1v) is 10.3. The van der Waals surface area contributed by atoms with Gasteiger partial charge in [0.15, 0.2) is 5.43 Å². The summed E-state index contributed by atoms with van der Waals surface area (Å²) < 4.78 is 2.26. The SMILES string of the molecule is CCc1cc(=O)c(C(=O)Nc2ccccc2)c(CC)n1CC1CCCCC1. The fourth-order valence-corrected chi connectivity index (χ4v) is 4.23. The topological polar surface area (TPSA) is 51.1 Å². The molecular weight excluding hydrogens is 336 g/mol. The number of hydrogen-bond donors (Lipinski definition) is 1. The Bertz CT molecular complexity index is 833. The van der Waals surface area contributed by atoms with Crippen molar-refractivity contribution in [2.75, 3.05) is 5.32 Å². The van der Waals surface area contributed by atoms with Gasteiger partial charge in [0.1, 0.15) is 5.56 Å². The van der Waals surface area contributed by atoms with Crippen molar-refractivity contribution in [1.82, 2.24) is 4.57 Å². The maximum absolute atomic E-state index is 12.9. The lowest BCUT2D eigenvalue weighted by Crippen LogP contribution is -2.30. The lowest BCUT2D eigenvalue weighted by molar-refractivity contribution is 0.102. The molecule has 1 aliphatic rings. The number of carbonyl (C=O) groups is 1. The van der Waals surface area contributed by atoms with Crippen LogP contribution in [0, 0.1) is 5.92 Å². The maximum Gasteiger partial charge on any atom is 0.261 e. The van der Waals surface area contributed by atoms with Gasteiger partial charge < -0.3 is 9.88 Å². The fraction of sp³-hybridized carbons (Fsp3) is 0.478. The van der Waals surface area contributed by atoms with E-state index in [0.29, 0.717) is 23.6 Å². The van der Waals surface area contributed by atoms with Gasteiger partial charge in [-0.3, -0.25) is 9.59 Å². The minimum atomic E-state index is -0.303. The Morgan fingerprint density at radius 1 is 1.07 bits per heavy atom. The first-order chi connectivity index (χ1) is 13.1. The highest BCUT2D eigenvalue weighted by atomic mass is 16.2. The van der Waals surface area contributed by atoms with Gasteiger partial charge in [-0.2, -0.15) is 0 Å². The quantitative estimate of drug-likeness (QED) is 0.798. The highest BCUT2D eigenvalue weighted by Gasteiger charge is 2.22. The fourth-order valence-electron chi connectivity index (χ4n) is 4.23. The van der Waals surface area contributed by atoms with Crippen molar-refractivity contribution in [3.63, 3.8) is 0 Å². The number of pyridine rings is 1. The molecule has 144 valence electrons. The molecule has 0 unspecified atom stereocenters. The van der Waals surface area contributed by atoms with Crippen LogP contribution in [0.25, 0.3) is 0 Å². The van der Waals surface area contributed by atoms with Crippen LogP contribution in [0.4, 0.5) is 5.69 Å². The summed E-state index contributed by atoms with van der Waals surface area (Å²) in [5.74, 6) is 0.338. The predicted octanol–water partition coefficient (Wildman–Crippen LogP) is 4.81. The average molecular weight is 367 g/mol. The van der Waals surface area contributed by atoms with Crippen molar-refractivity contribution in [3.05, 3.63) is 63.6 Å². The molecule has 1 fully saturated rings. The predicted molar refractivity (Wildman–Crippen MR) is 110 cm³/mol.